The van der Waals surface area contributed by atoms with E-state index in [1.54, 1.807) is 38.3 Å². The van der Waals surface area contributed by atoms with E-state index in [2.05, 4.69) is 0 Å². The van der Waals surface area contributed by atoms with Crippen molar-refractivity contribution >= 4 is 5.97 Å². The zero-order valence-corrected chi connectivity index (χ0v) is 8.23. The van der Waals surface area contributed by atoms with Crippen molar-refractivity contribution in [1.29, 1.82) is 0 Å². The van der Waals surface area contributed by atoms with E-state index in [1.165, 1.54) is 0 Å². The predicted molar refractivity (Wildman–Crippen MR) is 52.6 cm³/mol. The van der Waals surface area contributed by atoms with Crippen molar-refractivity contribution in [3.63, 3.8) is 0 Å². The highest BCUT2D eigenvalue weighted by atomic mass is 16.5. The number of hydrogen-bond acceptors (Lipinski definition) is 3. The van der Waals surface area contributed by atoms with Crippen LogP contribution in [0.4, 0.5) is 0 Å². The van der Waals surface area contributed by atoms with Gasteiger partial charge in [-0.1, -0.05) is 13.0 Å². The zero-order valence-electron chi connectivity index (χ0n) is 8.23. The van der Waals surface area contributed by atoms with Crippen molar-refractivity contribution in [3.8, 4) is 11.5 Å². The van der Waals surface area contributed by atoms with Gasteiger partial charge in [-0.15, -0.1) is 0 Å². The number of ether oxygens (including phenoxy) is 1. The number of carboxylic acids is 1. The summed E-state index contributed by atoms with van der Waals surface area (Å²) in [6, 6.07) is 6.66. The summed E-state index contributed by atoms with van der Waals surface area (Å²) in [5.74, 6) is 0.161. The van der Waals surface area contributed by atoms with Crippen molar-refractivity contribution in [2.45, 2.75) is 13.3 Å². The molecule has 0 amide bonds. The van der Waals surface area contributed by atoms with Crippen LogP contribution in [0.5, 0.6) is 11.5 Å². The van der Waals surface area contributed by atoms with Crippen LogP contribution in [-0.2, 0) is 4.79 Å². The van der Waals surface area contributed by atoms with Crippen molar-refractivity contribution in [2.24, 2.45) is 0 Å². The van der Waals surface area contributed by atoms with E-state index in [4.69, 9.17) is 14.9 Å². The minimum absolute atomic E-state index is 0.222. The lowest BCUT2D eigenvalue weighted by Crippen LogP contribution is -1.86. The number of aliphatic carboxylic acids is 1. The van der Waals surface area contributed by atoms with Gasteiger partial charge >= 0.3 is 5.97 Å². The summed E-state index contributed by atoms with van der Waals surface area (Å²) in [7, 11) is 1.56. The smallest absolute Gasteiger partial charge is 0.303 e. The highest BCUT2D eigenvalue weighted by Gasteiger charge is 1.88. The number of aromatic hydroxyl groups is 1. The number of carbonyl (C=O) groups is 1. The van der Waals surface area contributed by atoms with E-state index < -0.39 is 5.97 Å². The monoisotopic (exact) mass is 198 g/mol. The fourth-order valence-corrected chi connectivity index (χ4v) is 0.610. The van der Waals surface area contributed by atoms with Gasteiger partial charge in [0.2, 0.25) is 0 Å². The quantitative estimate of drug-likeness (QED) is 0.761. The van der Waals surface area contributed by atoms with E-state index in [0.717, 1.165) is 0 Å². The molecule has 1 rings (SSSR count). The lowest BCUT2D eigenvalue weighted by molar-refractivity contribution is -0.136. The molecule has 0 saturated heterocycles. The molecule has 0 aliphatic heterocycles. The summed E-state index contributed by atoms with van der Waals surface area (Å²) in [6.45, 7) is 1.60. The third-order valence-electron chi connectivity index (χ3n) is 1.36. The topological polar surface area (TPSA) is 66.8 Å². The van der Waals surface area contributed by atoms with Crippen molar-refractivity contribution in [2.75, 3.05) is 7.11 Å². The fraction of sp³-hybridized carbons (Fsp3) is 0.300. The molecule has 4 heteroatoms. The molecule has 2 N–H and O–H groups in total. The summed E-state index contributed by atoms with van der Waals surface area (Å²) in [5, 5.41) is 16.6. The summed E-state index contributed by atoms with van der Waals surface area (Å²) in [6.07, 6.45) is 0.222. The number of phenols is 1. The third-order valence-corrected chi connectivity index (χ3v) is 1.36. The minimum atomic E-state index is -0.745. The maximum atomic E-state index is 9.37. The molecule has 0 bridgehead atoms. The summed E-state index contributed by atoms with van der Waals surface area (Å²) >= 11 is 0. The van der Waals surface area contributed by atoms with Gasteiger partial charge in [0.25, 0.3) is 0 Å². The second kappa shape index (κ2) is 6.77. The molecule has 0 aromatic heterocycles. The summed E-state index contributed by atoms with van der Waals surface area (Å²) < 4.78 is 4.84. The van der Waals surface area contributed by atoms with Crippen LogP contribution in [0.2, 0.25) is 0 Å². The van der Waals surface area contributed by atoms with E-state index in [0.29, 0.717) is 5.75 Å². The molecule has 0 heterocycles. The highest BCUT2D eigenvalue weighted by Crippen LogP contribution is 2.16. The second-order valence-electron chi connectivity index (χ2n) is 2.45. The predicted octanol–water partition coefficient (Wildman–Crippen LogP) is 1.88. The van der Waals surface area contributed by atoms with E-state index in [1.807, 2.05) is 0 Å². The molecule has 78 valence electrons. The lowest BCUT2D eigenvalue weighted by Gasteiger charge is -1.97. The molecule has 0 fully saturated rings. The van der Waals surface area contributed by atoms with E-state index >= 15 is 0 Å². The first kappa shape index (κ1) is 12.3. The van der Waals surface area contributed by atoms with Crippen LogP contribution in [0.15, 0.2) is 24.3 Å². The van der Waals surface area contributed by atoms with Crippen LogP contribution in [0.1, 0.15) is 13.3 Å². The number of carboxylic acid groups (broad SMARTS) is 1. The molecule has 0 unspecified atom stereocenters. The first-order chi connectivity index (χ1) is 6.60. The molecule has 1 aromatic carbocycles. The molecule has 0 aliphatic carbocycles. The molecule has 14 heavy (non-hydrogen) atoms. The second-order valence-corrected chi connectivity index (χ2v) is 2.45. The van der Waals surface area contributed by atoms with Gasteiger partial charge in [0.15, 0.2) is 0 Å². The van der Waals surface area contributed by atoms with Crippen LogP contribution in [0.3, 0.4) is 0 Å². The largest absolute Gasteiger partial charge is 0.508 e. The molecule has 0 spiro atoms. The maximum Gasteiger partial charge on any atom is 0.303 e. The maximum absolute atomic E-state index is 9.37. The fourth-order valence-electron chi connectivity index (χ4n) is 0.610. The van der Waals surface area contributed by atoms with Crippen LogP contribution in [0.25, 0.3) is 0 Å². The van der Waals surface area contributed by atoms with Gasteiger partial charge in [0.05, 0.1) is 7.11 Å². The Kier molecular flexibility index (Phi) is 5.94. The first-order valence-corrected chi connectivity index (χ1v) is 4.15. The molecule has 1 aromatic rings. The Morgan fingerprint density at radius 3 is 2.36 bits per heavy atom. The first-order valence-electron chi connectivity index (χ1n) is 4.15. The Hall–Kier alpha value is -1.71. The van der Waals surface area contributed by atoms with Crippen molar-refractivity contribution in [3.05, 3.63) is 24.3 Å². The SMILES string of the molecule is CCC(=O)O.COc1cccc(O)c1. The molecular weight excluding hydrogens is 184 g/mol. The molecule has 0 aliphatic rings. The zero-order chi connectivity index (χ0) is 11.0. The van der Waals surface area contributed by atoms with Crippen molar-refractivity contribution < 1.29 is 19.7 Å². The van der Waals surface area contributed by atoms with E-state index in [-0.39, 0.29) is 12.2 Å². The van der Waals surface area contributed by atoms with Crippen LogP contribution in [-0.4, -0.2) is 23.3 Å². The highest BCUT2D eigenvalue weighted by molar-refractivity contribution is 5.66. The van der Waals surface area contributed by atoms with Gasteiger partial charge in [-0.2, -0.15) is 0 Å². The summed E-state index contributed by atoms with van der Waals surface area (Å²) in [5.41, 5.74) is 0. The van der Waals surface area contributed by atoms with Gasteiger partial charge < -0.3 is 14.9 Å². The number of benzene rings is 1. The van der Waals surface area contributed by atoms with Gasteiger partial charge in [0, 0.05) is 12.5 Å². The third kappa shape index (κ3) is 5.88. The molecule has 0 saturated carbocycles. The van der Waals surface area contributed by atoms with Crippen molar-refractivity contribution in [1.82, 2.24) is 0 Å². The standard InChI is InChI=1S/C7H8O2.C3H6O2/c1-9-7-4-2-3-6(8)5-7;1-2-3(4)5/h2-5,8H,1H3;2H2,1H3,(H,4,5). The summed E-state index contributed by atoms with van der Waals surface area (Å²) in [4.78, 5) is 9.37. The lowest BCUT2D eigenvalue weighted by atomic mass is 10.3. The van der Waals surface area contributed by atoms with Crippen LogP contribution >= 0.6 is 0 Å². The molecular formula is C10H14O4. The average Bonchev–Trinajstić information content (AvgIpc) is 2.18. The molecule has 4 nitrogen and oxygen atoms in total. The van der Waals surface area contributed by atoms with Crippen LogP contribution in [0, 0.1) is 0 Å². The van der Waals surface area contributed by atoms with Gasteiger partial charge in [-0.05, 0) is 12.1 Å². The normalized spacial score (nSPS) is 8.43. The molecule has 0 radical (unpaired) electrons. The number of methoxy groups -OCH3 is 1. The minimum Gasteiger partial charge on any atom is -0.508 e. The Morgan fingerprint density at radius 1 is 1.50 bits per heavy atom. The number of rotatable bonds is 2. The Labute approximate surface area is 82.8 Å². The Morgan fingerprint density at radius 2 is 2.07 bits per heavy atom. The Bertz CT molecular complexity index is 283. The van der Waals surface area contributed by atoms with Crippen LogP contribution < -0.4 is 4.74 Å². The van der Waals surface area contributed by atoms with E-state index in [9.17, 15) is 4.79 Å². The van der Waals surface area contributed by atoms with Gasteiger partial charge in [-0.25, -0.2) is 0 Å². The number of hydrogen-bond donors (Lipinski definition) is 2. The van der Waals surface area contributed by atoms with Gasteiger partial charge in [-0.3, -0.25) is 4.79 Å². The Balaban J connectivity index is 0.000000292. The number of phenolic OH excluding ortho intramolecular Hbond substituents is 1. The molecule has 0 atom stereocenters. The average molecular weight is 198 g/mol. The van der Waals surface area contributed by atoms with Gasteiger partial charge in [0.1, 0.15) is 11.5 Å².